The van der Waals surface area contributed by atoms with Crippen molar-refractivity contribution < 1.29 is 9.15 Å². The molecule has 1 aromatic rings. The van der Waals surface area contributed by atoms with E-state index in [1.54, 1.807) is 6.26 Å². The number of furan rings is 1. The van der Waals surface area contributed by atoms with Crippen molar-refractivity contribution in [3.8, 4) is 0 Å². The fourth-order valence-corrected chi connectivity index (χ4v) is 2.32. The van der Waals surface area contributed by atoms with Gasteiger partial charge in [0.15, 0.2) is 0 Å². The largest absolute Gasteiger partial charge is 0.468 e. The minimum absolute atomic E-state index is 0.157. The van der Waals surface area contributed by atoms with Gasteiger partial charge in [-0.25, -0.2) is 0 Å². The summed E-state index contributed by atoms with van der Waals surface area (Å²) in [4.78, 5) is 2.42. The zero-order valence-corrected chi connectivity index (χ0v) is 10.7. The molecule has 2 unspecified atom stereocenters. The second kappa shape index (κ2) is 6.19. The second-order valence-corrected chi connectivity index (χ2v) is 4.35. The third-order valence-corrected chi connectivity index (χ3v) is 3.27. The van der Waals surface area contributed by atoms with E-state index < -0.39 is 0 Å². The zero-order chi connectivity index (χ0) is 12.1. The van der Waals surface area contributed by atoms with Gasteiger partial charge in [-0.2, -0.15) is 0 Å². The lowest BCUT2D eigenvalue weighted by molar-refractivity contribution is -0.0486. The van der Waals surface area contributed by atoms with Crippen molar-refractivity contribution in [1.82, 2.24) is 10.2 Å². The molecular formula is C13H22N2O2. The molecule has 2 rings (SSSR count). The maximum Gasteiger partial charge on any atom is 0.123 e. The average molecular weight is 238 g/mol. The van der Waals surface area contributed by atoms with E-state index in [1.165, 1.54) is 0 Å². The predicted molar refractivity (Wildman–Crippen MR) is 67.0 cm³/mol. The van der Waals surface area contributed by atoms with Crippen LogP contribution in [0.3, 0.4) is 0 Å². The number of morpholine rings is 1. The van der Waals surface area contributed by atoms with Gasteiger partial charge in [0.25, 0.3) is 0 Å². The summed E-state index contributed by atoms with van der Waals surface area (Å²) in [5, 5.41) is 3.45. The molecule has 0 radical (unpaired) electrons. The molecule has 4 nitrogen and oxygen atoms in total. The normalized spacial score (nSPS) is 23.8. The van der Waals surface area contributed by atoms with Crippen molar-refractivity contribution in [2.24, 2.45) is 0 Å². The first-order chi connectivity index (χ1) is 8.35. The van der Waals surface area contributed by atoms with Gasteiger partial charge in [-0.15, -0.1) is 0 Å². The number of nitrogens with one attached hydrogen (secondary N) is 1. The van der Waals surface area contributed by atoms with Crippen LogP contribution in [0.5, 0.6) is 0 Å². The average Bonchev–Trinajstić information content (AvgIpc) is 2.89. The molecule has 1 fully saturated rings. The Labute approximate surface area is 103 Å². The van der Waals surface area contributed by atoms with Gasteiger partial charge < -0.3 is 14.5 Å². The Bertz CT molecular complexity index is 313. The van der Waals surface area contributed by atoms with Crippen LogP contribution in [-0.2, 0) is 4.74 Å². The van der Waals surface area contributed by atoms with Crippen molar-refractivity contribution in [1.29, 1.82) is 0 Å². The van der Waals surface area contributed by atoms with E-state index in [2.05, 4.69) is 24.1 Å². The smallest absolute Gasteiger partial charge is 0.123 e. The quantitative estimate of drug-likeness (QED) is 0.846. The van der Waals surface area contributed by atoms with Crippen LogP contribution in [0, 0.1) is 0 Å². The predicted octanol–water partition coefficient (Wildman–Crippen LogP) is 1.65. The van der Waals surface area contributed by atoms with E-state index in [9.17, 15) is 0 Å². The van der Waals surface area contributed by atoms with Crippen LogP contribution in [0.4, 0.5) is 0 Å². The third kappa shape index (κ3) is 3.09. The molecule has 2 heterocycles. The first-order valence-corrected chi connectivity index (χ1v) is 6.45. The maximum atomic E-state index is 5.88. The molecule has 1 aliphatic heterocycles. The molecule has 1 aliphatic rings. The fourth-order valence-electron chi connectivity index (χ4n) is 2.32. The minimum Gasteiger partial charge on any atom is -0.468 e. The highest BCUT2D eigenvalue weighted by atomic mass is 16.5. The molecule has 96 valence electrons. The van der Waals surface area contributed by atoms with E-state index in [0.717, 1.165) is 38.5 Å². The number of ether oxygens (including phenoxy) is 1. The molecule has 1 saturated heterocycles. The lowest BCUT2D eigenvalue weighted by Crippen LogP contribution is -2.48. The van der Waals surface area contributed by atoms with Crippen LogP contribution in [0.2, 0.25) is 0 Å². The van der Waals surface area contributed by atoms with Crippen molar-refractivity contribution >= 4 is 0 Å². The minimum atomic E-state index is 0.157. The van der Waals surface area contributed by atoms with Crippen LogP contribution in [0.1, 0.15) is 25.6 Å². The monoisotopic (exact) mass is 238 g/mol. The Morgan fingerprint density at radius 2 is 2.41 bits per heavy atom. The highest BCUT2D eigenvalue weighted by Gasteiger charge is 2.29. The summed E-state index contributed by atoms with van der Waals surface area (Å²) >= 11 is 0. The Hall–Kier alpha value is -0.840. The maximum absolute atomic E-state index is 5.88. The summed E-state index contributed by atoms with van der Waals surface area (Å²) in [6.45, 7) is 9.10. The van der Waals surface area contributed by atoms with Crippen LogP contribution in [0.25, 0.3) is 0 Å². The Balaban J connectivity index is 2.05. The third-order valence-electron chi connectivity index (χ3n) is 3.27. The molecule has 0 saturated carbocycles. The van der Waals surface area contributed by atoms with Crippen LogP contribution in [0.15, 0.2) is 22.8 Å². The number of hydrogen-bond donors (Lipinski definition) is 1. The molecule has 0 aromatic carbocycles. The lowest BCUT2D eigenvalue weighted by atomic mass is 10.1. The molecule has 1 aromatic heterocycles. The van der Waals surface area contributed by atoms with E-state index in [-0.39, 0.29) is 12.1 Å². The van der Waals surface area contributed by atoms with Crippen LogP contribution >= 0.6 is 0 Å². The summed E-state index contributed by atoms with van der Waals surface area (Å²) < 4.78 is 11.4. The highest BCUT2D eigenvalue weighted by molar-refractivity contribution is 5.07. The van der Waals surface area contributed by atoms with Crippen molar-refractivity contribution in [3.05, 3.63) is 24.2 Å². The number of hydrogen-bond acceptors (Lipinski definition) is 4. The summed E-state index contributed by atoms with van der Waals surface area (Å²) in [6.07, 6.45) is 1.90. The SMILES string of the molecule is CCNC(c1ccco1)C1CN(CC)CCO1. The summed E-state index contributed by atoms with van der Waals surface area (Å²) in [7, 11) is 0. The lowest BCUT2D eigenvalue weighted by Gasteiger charge is -2.36. The summed E-state index contributed by atoms with van der Waals surface area (Å²) in [6, 6.07) is 4.10. The summed E-state index contributed by atoms with van der Waals surface area (Å²) in [5.41, 5.74) is 0. The van der Waals surface area contributed by atoms with E-state index in [1.807, 2.05) is 12.1 Å². The molecule has 0 bridgehead atoms. The van der Waals surface area contributed by atoms with Gasteiger partial charge in [0.05, 0.1) is 25.0 Å². The van der Waals surface area contributed by atoms with E-state index >= 15 is 0 Å². The van der Waals surface area contributed by atoms with Gasteiger partial charge in [0, 0.05) is 13.1 Å². The summed E-state index contributed by atoms with van der Waals surface area (Å²) in [5.74, 6) is 0.967. The topological polar surface area (TPSA) is 37.6 Å². The number of rotatable bonds is 5. The van der Waals surface area contributed by atoms with Gasteiger partial charge in [-0.05, 0) is 25.2 Å². The van der Waals surface area contributed by atoms with Gasteiger partial charge in [0.1, 0.15) is 5.76 Å². The molecule has 0 amide bonds. The molecule has 0 aliphatic carbocycles. The van der Waals surface area contributed by atoms with Gasteiger partial charge in [-0.3, -0.25) is 4.90 Å². The van der Waals surface area contributed by atoms with Crippen molar-refractivity contribution in [3.63, 3.8) is 0 Å². The molecule has 2 atom stereocenters. The zero-order valence-electron chi connectivity index (χ0n) is 10.7. The molecule has 0 spiro atoms. The number of likely N-dealkylation sites (N-methyl/N-ethyl adjacent to an activating group) is 2. The Kier molecular flexibility index (Phi) is 4.59. The first kappa shape index (κ1) is 12.6. The molecular weight excluding hydrogens is 216 g/mol. The fraction of sp³-hybridized carbons (Fsp3) is 0.692. The molecule has 17 heavy (non-hydrogen) atoms. The van der Waals surface area contributed by atoms with Gasteiger partial charge >= 0.3 is 0 Å². The van der Waals surface area contributed by atoms with Crippen molar-refractivity contribution in [2.45, 2.75) is 26.0 Å². The first-order valence-electron chi connectivity index (χ1n) is 6.45. The number of nitrogens with zero attached hydrogens (tertiary/aromatic N) is 1. The van der Waals surface area contributed by atoms with Gasteiger partial charge in [-0.1, -0.05) is 13.8 Å². The Morgan fingerprint density at radius 1 is 1.53 bits per heavy atom. The van der Waals surface area contributed by atoms with E-state index in [4.69, 9.17) is 9.15 Å². The van der Waals surface area contributed by atoms with Crippen LogP contribution in [-0.4, -0.2) is 43.8 Å². The highest BCUT2D eigenvalue weighted by Crippen LogP contribution is 2.22. The van der Waals surface area contributed by atoms with Gasteiger partial charge in [0.2, 0.25) is 0 Å². The molecule has 4 heteroatoms. The Morgan fingerprint density at radius 3 is 3.06 bits per heavy atom. The molecule has 1 N–H and O–H groups in total. The van der Waals surface area contributed by atoms with E-state index in [0.29, 0.717) is 0 Å². The second-order valence-electron chi connectivity index (χ2n) is 4.35. The van der Waals surface area contributed by atoms with Crippen molar-refractivity contribution in [2.75, 3.05) is 32.8 Å². The van der Waals surface area contributed by atoms with Crippen LogP contribution < -0.4 is 5.32 Å². The standard InChI is InChI=1S/C13H22N2O2/c1-3-14-13(11-6-5-8-16-11)12-10-15(4-2)7-9-17-12/h5-6,8,12-14H,3-4,7,9-10H2,1-2H3.